The highest BCUT2D eigenvalue weighted by atomic mass is 16.6. The topological polar surface area (TPSA) is 72.8 Å². The summed E-state index contributed by atoms with van der Waals surface area (Å²) in [7, 11) is 0. The SMILES string of the molecule is CCCCCC=CCC=CCCCCCCCC(=O)OC(CO)COC(=O)CCCCCCCCCCCCCC=CCCCCCCCC. The van der Waals surface area contributed by atoms with Crippen LogP contribution in [-0.2, 0) is 19.1 Å². The molecule has 1 N–H and O–H groups in total. The maximum atomic E-state index is 12.2. The molecule has 0 aliphatic carbocycles. The van der Waals surface area contributed by atoms with Gasteiger partial charge in [-0.15, -0.1) is 0 Å². The molecule has 0 saturated carbocycles. The summed E-state index contributed by atoms with van der Waals surface area (Å²) in [5.41, 5.74) is 0. The molecule has 292 valence electrons. The van der Waals surface area contributed by atoms with Crippen LogP contribution in [0, 0.1) is 0 Å². The average Bonchev–Trinajstić information content (AvgIpc) is 3.12. The molecule has 0 aromatic carbocycles. The lowest BCUT2D eigenvalue weighted by atomic mass is 10.0. The lowest BCUT2D eigenvalue weighted by molar-refractivity contribution is -0.161. The van der Waals surface area contributed by atoms with Crippen molar-refractivity contribution < 1.29 is 24.2 Å². The number of allylic oxidation sites excluding steroid dienone is 6. The van der Waals surface area contributed by atoms with Gasteiger partial charge in [-0.25, -0.2) is 0 Å². The van der Waals surface area contributed by atoms with Crippen LogP contribution in [0.3, 0.4) is 0 Å². The maximum absolute atomic E-state index is 12.2. The van der Waals surface area contributed by atoms with Gasteiger partial charge in [0.2, 0.25) is 0 Å². The van der Waals surface area contributed by atoms with Crippen molar-refractivity contribution in [1.82, 2.24) is 0 Å². The van der Waals surface area contributed by atoms with Crippen LogP contribution in [0.25, 0.3) is 0 Å². The van der Waals surface area contributed by atoms with Gasteiger partial charge < -0.3 is 14.6 Å². The Labute approximate surface area is 310 Å². The van der Waals surface area contributed by atoms with Crippen LogP contribution >= 0.6 is 0 Å². The van der Waals surface area contributed by atoms with Crippen molar-refractivity contribution in [3.63, 3.8) is 0 Å². The largest absolute Gasteiger partial charge is 0.462 e. The number of carbonyl (C=O) groups excluding carboxylic acids is 2. The van der Waals surface area contributed by atoms with Crippen LogP contribution in [0.2, 0.25) is 0 Å². The third-order valence-corrected chi connectivity index (χ3v) is 9.41. The molecule has 5 heteroatoms. The maximum Gasteiger partial charge on any atom is 0.306 e. The summed E-state index contributed by atoms with van der Waals surface area (Å²) in [5, 5.41) is 9.57. The molecule has 0 amide bonds. The van der Waals surface area contributed by atoms with Gasteiger partial charge in [0.15, 0.2) is 6.10 Å². The van der Waals surface area contributed by atoms with E-state index in [-0.39, 0.29) is 25.2 Å². The molecule has 50 heavy (non-hydrogen) atoms. The second kappa shape index (κ2) is 41.5. The molecular weight excluding hydrogens is 620 g/mol. The van der Waals surface area contributed by atoms with Gasteiger partial charge in [0.05, 0.1) is 6.61 Å². The Morgan fingerprint density at radius 2 is 0.800 bits per heavy atom. The smallest absolute Gasteiger partial charge is 0.306 e. The van der Waals surface area contributed by atoms with E-state index in [0.29, 0.717) is 12.8 Å². The van der Waals surface area contributed by atoms with E-state index in [2.05, 4.69) is 50.3 Å². The van der Waals surface area contributed by atoms with Crippen molar-refractivity contribution in [2.45, 2.75) is 225 Å². The van der Waals surface area contributed by atoms with E-state index in [1.165, 1.54) is 141 Å². The summed E-state index contributed by atoms with van der Waals surface area (Å²) in [5.74, 6) is -0.603. The van der Waals surface area contributed by atoms with E-state index in [1.807, 2.05) is 0 Å². The Morgan fingerprint density at radius 3 is 1.24 bits per heavy atom. The monoisotopic (exact) mass is 703 g/mol. The highest BCUT2D eigenvalue weighted by Gasteiger charge is 2.16. The number of aliphatic hydroxyl groups is 1. The predicted molar refractivity (Wildman–Crippen MR) is 214 cm³/mol. The normalized spacial score (nSPS) is 12.5. The van der Waals surface area contributed by atoms with Gasteiger partial charge in [-0.2, -0.15) is 0 Å². The third-order valence-electron chi connectivity index (χ3n) is 9.41. The molecule has 1 atom stereocenters. The van der Waals surface area contributed by atoms with Gasteiger partial charge in [0.1, 0.15) is 6.61 Å². The number of ether oxygens (including phenoxy) is 2. The number of hydrogen-bond acceptors (Lipinski definition) is 5. The van der Waals surface area contributed by atoms with Crippen LogP contribution in [-0.4, -0.2) is 36.4 Å². The van der Waals surface area contributed by atoms with Gasteiger partial charge in [-0.1, -0.05) is 172 Å². The summed E-state index contributed by atoms with van der Waals surface area (Å²) >= 11 is 0. The van der Waals surface area contributed by atoms with Crippen LogP contribution in [0.4, 0.5) is 0 Å². The number of carbonyl (C=O) groups is 2. The molecule has 0 aromatic heterocycles. The molecule has 5 nitrogen and oxygen atoms in total. The van der Waals surface area contributed by atoms with Crippen molar-refractivity contribution in [2.24, 2.45) is 0 Å². The van der Waals surface area contributed by atoms with Crippen molar-refractivity contribution in [3.05, 3.63) is 36.5 Å². The predicted octanol–water partition coefficient (Wildman–Crippen LogP) is 13.6. The van der Waals surface area contributed by atoms with Gasteiger partial charge in [-0.3, -0.25) is 9.59 Å². The van der Waals surface area contributed by atoms with Gasteiger partial charge in [0.25, 0.3) is 0 Å². The fourth-order valence-electron chi connectivity index (χ4n) is 6.11. The summed E-state index contributed by atoms with van der Waals surface area (Å²) in [4.78, 5) is 24.3. The molecule has 0 saturated heterocycles. The number of hydrogen-bond donors (Lipinski definition) is 1. The minimum Gasteiger partial charge on any atom is -0.462 e. The molecule has 1 unspecified atom stereocenters. The molecule has 0 aliphatic rings. The van der Waals surface area contributed by atoms with Crippen LogP contribution in [0.1, 0.15) is 219 Å². The van der Waals surface area contributed by atoms with Crippen molar-refractivity contribution >= 4 is 11.9 Å². The standard InChI is InChI=1S/C45H82O5/c1-3-5-7-9-11-13-15-17-19-20-21-22-23-24-26-27-29-31-33-35-37-39-44(47)49-42-43(41-46)50-45(48)40-38-36-34-32-30-28-25-18-16-14-12-10-8-6-4-2/h12,14,17-19,25,43,46H,3-11,13,15-16,20-24,26-42H2,1-2H3. The average molecular weight is 703 g/mol. The lowest BCUT2D eigenvalue weighted by Gasteiger charge is -2.15. The molecule has 0 bridgehead atoms. The molecule has 0 rings (SSSR count). The van der Waals surface area contributed by atoms with E-state index in [0.717, 1.165) is 51.4 Å². The summed E-state index contributed by atoms with van der Waals surface area (Å²) < 4.78 is 10.6. The Morgan fingerprint density at radius 1 is 0.460 bits per heavy atom. The first kappa shape index (κ1) is 48.1. The van der Waals surface area contributed by atoms with Crippen LogP contribution in [0.5, 0.6) is 0 Å². The second-order valence-electron chi connectivity index (χ2n) is 14.4. The Balaban J connectivity index is 3.53. The molecule has 0 radical (unpaired) electrons. The molecule has 0 fully saturated rings. The summed E-state index contributed by atoms with van der Waals surface area (Å²) in [6, 6.07) is 0. The molecule has 0 aliphatic heterocycles. The second-order valence-corrected chi connectivity index (χ2v) is 14.4. The minimum absolute atomic E-state index is 0.0702. The highest BCUT2D eigenvalue weighted by molar-refractivity contribution is 5.70. The fourth-order valence-corrected chi connectivity index (χ4v) is 6.11. The van der Waals surface area contributed by atoms with E-state index < -0.39 is 6.10 Å². The Bertz CT molecular complexity index is 801. The molecule has 0 heterocycles. The van der Waals surface area contributed by atoms with E-state index in [1.54, 1.807) is 0 Å². The zero-order valence-electron chi connectivity index (χ0n) is 33.2. The van der Waals surface area contributed by atoms with Crippen LogP contribution in [0.15, 0.2) is 36.5 Å². The number of rotatable bonds is 39. The summed E-state index contributed by atoms with van der Waals surface area (Å²) in [6.45, 7) is 4.11. The molecule has 0 aromatic rings. The van der Waals surface area contributed by atoms with Gasteiger partial charge >= 0.3 is 11.9 Å². The van der Waals surface area contributed by atoms with E-state index in [9.17, 15) is 14.7 Å². The quantitative estimate of drug-likeness (QED) is 0.0392. The first-order chi connectivity index (χ1) is 24.6. The minimum atomic E-state index is -0.777. The van der Waals surface area contributed by atoms with Crippen molar-refractivity contribution in [2.75, 3.05) is 13.2 Å². The highest BCUT2D eigenvalue weighted by Crippen LogP contribution is 2.14. The molecular formula is C45H82O5. The summed E-state index contributed by atoms with van der Waals surface area (Å²) in [6.07, 6.45) is 50.7. The Kier molecular flexibility index (Phi) is 40.0. The number of aliphatic hydroxyl groups excluding tert-OH is 1. The van der Waals surface area contributed by atoms with Gasteiger partial charge in [-0.05, 0) is 70.6 Å². The van der Waals surface area contributed by atoms with E-state index >= 15 is 0 Å². The number of unbranched alkanes of at least 4 members (excludes halogenated alkanes) is 25. The van der Waals surface area contributed by atoms with Crippen molar-refractivity contribution in [1.29, 1.82) is 0 Å². The first-order valence-electron chi connectivity index (χ1n) is 21.5. The third kappa shape index (κ3) is 38.9. The van der Waals surface area contributed by atoms with Gasteiger partial charge in [0, 0.05) is 12.8 Å². The molecule has 0 spiro atoms. The van der Waals surface area contributed by atoms with Crippen molar-refractivity contribution in [3.8, 4) is 0 Å². The van der Waals surface area contributed by atoms with Crippen LogP contribution < -0.4 is 0 Å². The zero-order chi connectivity index (χ0) is 36.4. The number of esters is 2. The van der Waals surface area contributed by atoms with E-state index in [4.69, 9.17) is 9.47 Å². The lowest BCUT2D eigenvalue weighted by Crippen LogP contribution is -2.28. The first-order valence-corrected chi connectivity index (χ1v) is 21.5. The fraction of sp³-hybridized carbons (Fsp3) is 0.822. The zero-order valence-corrected chi connectivity index (χ0v) is 33.2. The Hall–Kier alpha value is -1.88.